The molecule has 0 unspecified atom stereocenters. The minimum atomic E-state index is -0.274. The van der Waals surface area contributed by atoms with Gasteiger partial charge < -0.3 is 10.4 Å². The van der Waals surface area contributed by atoms with E-state index in [2.05, 4.69) is 36.9 Å². The molecule has 2 atom stereocenters. The summed E-state index contributed by atoms with van der Waals surface area (Å²) in [7, 11) is 0. The second-order valence-corrected chi connectivity index (χ2v) is 7.69. The topological polar surface area (TPSA) is 141 Å². The maximum atomic E-state index is 9.78. The van der Waals surface area contributed by atoms with Crippen LogP contribution in [0.4, 0.5) is 5.95 Å². The number of H-pyrrole nitrogens is 1. The van der Waals surface area contributed by atoms with E-state index in [1.165, 1.54) is 0 Å². The Morgan fingerprint density at radius 1 is 1.16 bits per heavy atom. The van der Waals surface area contributed by atoms with Crippen LogP contribution in [0.15, 0.2) is 36.7 Å². The Bertz CT molecular complexity index is 1240. The van der Waals surface area contributed by atoms with Gasteiger partial charge in [0.2, 0.25) is 11.6 Å². The zero-order valence-corrected chi connectivity index (χ0v) is 16.7. The van der Waals surface area contributed by atoms with Gasteiger partial charge in [-0.05, 0) is 24.8 Å². The van der Waals surface area contributed by atoms with Crippen molar-refractivity contribution in [3.8, 4) is 28.5 Å². The van der Waals surface area contributed by atoms with Crippen LogP contribution in [0.3, 0.4) is 0 Å². The third kappa shape index (κ3) is 3.95. The van der Waals surface area contributed by atoms with Crippen molar-refractivity contribution in [1.82, 2.24) is 35.2 Å². The van der Waals surface area contributed by atoms with Gasteiger partial charge in [0, 0.05) is 23.4 Å². The number of aromatic nitrogens is 7. The smallest absolute Gasteiger partial charge is 0.225 e. The van der Waals surface area contributed by atoms with E-state index in [0.717, 1.165) is 29.5 Å². The number of hydrogen-bond acceptors (Lipinski definition) is 8. The molecule has 0 amide bonds. The Labute approximate surface area is 178 Å². The van der Waals surface area contributed by atoms with Crippen LogP contribution in [0.1, 0.15) is 25.7 Å². The van der Waals surface area contributed by atoms with Crippen LogP contribution in [-0.4, -0.2) is 52.4 Å². The second kappa shape index (κ2) is 8.12. The normalized spacial score (nSPS) is 18.3. The van der Waals surface area contributed by atoms with Crippen molar-refractivity contribution in [2.75, 3.05) is 5.32 Å². The Morgan fingerprint density at radius 2 is 2.00 bits per heavy atom. The van der Waals surface area contributed by atoms with Gasteiger partial charge in [-0.25, -0.2) is 4.98 Å². The van der Waals surface area contributed by atoms with E-state index >= 15 is 0 Å². The van der Waals surface area contributed by atoms with E-state index in [4.69, 9.17) is 10.2 Å². The molecule has 31 heavy (non-hydrogen) atoms. The van der Waals surface area contributed by atoms with Crippen LogP contribution < -0.4 is 5.32 Å². The summed E-state index contributed by atoms with van der Waals surface area (Å²) in [4.78, 5) is 9.17. The van der Waals surface area contributed by atoms with Crippen molar-refractivity contribution in [2.24, 2.45) is 0 Å². The van der Waals surface area contributed by atoms with Gasteiger partial charge in [0.15, 0.2) is 0 Å². The van der Waals surface area contributed by atoms with Crippen LogP contribution in [0.2, 0.25) is 0 Å². The molecule has 0 saturated heterocycles. The van der Waals surface area contributed by atoms with Gasteiger partial charge in [-0.15, -0.1) is 5.10 Å². The predicted octanol–water partition coefficient (Wildman–Crippen LogP) is 2.52. The number of hydrogen-bond donors (Lipinski definition) is 3. The molecule has 0 spiro atoms. The maximum absolute atomic E-state index is 9.78. The van der Waals surface area contributed by atoms with Crippen LogP contribution in [0.5, 0.6) is 0 Å². The number of nitrogens with one attached hydrogen (secondary N) is 2. The quantitative estimate of drug-likeness (QED) is 0.436. The highest BCUT2D eigenvalue weighted by molar-refractivity contribution is 5.87. The Balaban J connectivity index is 1.42. The molecule has 3 heterocycles. The number of aliphatic hydroxyl groups excluding tert-OH is 1. The molecule has 4 aromatic rings. The van der Waals surface area contributed by atoms with Crippen molar-refractivity contribution in [3.63, 3.8) is 0 Å². The summed E-state index contributed by atoms with van der Waals surface area (Å²) in [6.07, 6.45) is 6.24. The molecular formula is C21H21N9O. The first-order chi connectivity index (χ1) is 15.2. The molecule has 1 aliphatic carbocycles. The van der Waals surface area contributed by atoms with Crippen LogP contribution >= 0.6 is 0 Å². The highest BCUT2D eigenvalue weighted by Gasteiger charge is 2.24. The molecule has 3 N–H and O–H groups in total. The van der Waals surface area contributed by atoms with Crippen LogP contribution in [-0.2, 0) is 6.54 Å². The molecular weight excluding hydrogens is 394 g/mol. The van der Waals surface area contributed by atoms with Crippen LogP contribution in [0, 0.1) is 11.3 Å². The molecule has 10 nitrogen and oxygen atoms in total. The van der Waals surface area contributed by atoms with Crippen molar-refractivity contribution in [2.45, 2.75) is 44.4 Å². The summed E-state index contributed by atoms with van der Waals surface area (Å²) in [5, 5.41) is 37.0. The van der Waals surface area contributed by atoms with E-state index in [-0.39, 0.29) is 12.1 Å². The molecule has 5 rings (SSSR count). The van der Waals surface area contributed by atoms with Gasteiger partial charge in [0.1, 0.15) is 11.2 Å². The van der Waals surface area contributed by atoms with E-state index in [0.29, 0.717) is 42.2 Å². The fraction of sp³-hybridized carbons (Fsp3) is 0.333. The molecule has 156 valence electrons. The number of anilines is 1. The third-order valence-electron chi connectivity index (χ3n) is 5.51. The molecule has 0 radical (unpaired) electrons. The molecule has 1 saturated carbocycles. The lowest BCUT2D eigenvalue weighted by molar-refractivity contribution is 0.182. The van der Waals surface area contributed by atoms with E-state index in [9.17, 15) is 5.11 Å². The summed E-state index contributed by atoms with van der Waals surface area (Å²) >= 11 is 0. The number of aromatic amines is 1. The number of aliphatic hydroxyl groups is 1. The van der Waals surface area contributed by atoms with Gasteiger partial charge >= 0.3 is 0 Å². The van der Waals surface area contributed by atoms with Crippen molar-refractivity contribution < 1.29 is 5.11 Å². The number of benzene rings is 1. The second-order valence-electron chi connectivity index (χ2n) is 7.69. The number of aryl methyl sites for hydroxylation is 1. The van der Waals surface area contributed by atoms with E-state index in [1.54, 1.807) is 10.9 Å². The highest BCUT2D eigenvalue weighted by Crippen LogP contribution is 2.29. The summed E-state index contributed by atoms with van der Waals surface area (Å²) in [5.41, 5.74) is 4.81. The fourth-order valence-electron chi connectivity index (χ4n) is 3.91. The molecule has 3 aromatic heterocycles. The van der Waals surface area contributed by atoms with Crippen LogP contribution in [0.25, 0.3) is 33.5 Å². The van der Waals surface area contributed by atoms with E-state index in [1.807, 2.05) is 30.5 Å². The van der Waals surface area contributed by atoms with Gasteiger partial charge in [0.25, 0.3) is 0 Å². The maximum Gasteiger partial charge on any atom is 0.225 e. The number of nitriles is 1. The summed E-state index contributed by atoms with van der Waals surface area (Å²) in [5.74, 6) is 0.485. The first kappa shape index (κ1) is 19.1. The van der Waals surface area contributed by atoms with Gasteiger partial charge in [-0.3, -0.25) is 9.78 Å². The lowest BCUT2D eigenvalue weighted by atomic mass is 10.0. The fourth-order valence-corrected chi connectivity index (χ4v) is 3.91. The SMILES string of the molecule is N#CCCn1cc(-c2ccc(-c3nc(N[C@H]4CC[C@H](O)C4)nc4nn[nH]c34)cc2)cn1. The lowest BCUT2D eigenvalue weighted by Gasteiger charge is -2.13. The van der Waals surface area contributed by atoms with Crippen molar-refractivity contribution >= 4 is 17.1 Å². The zero-order valence-electron chi connectivity index (χ0n) is 16.7. The Hall–Kier alpha value is -3.84. The molecule has 10 heteroatoms. The zero-order chi connectivity index (χ0) is 21.2. The molecule has 1 aliphatic rings. The van der Waals surface area contributed by atoms with E-state index < -0.39 is 0 Å². The van der Waals surface area contributed by atoms with Gasteiger partial charge in [-0.2, -0.15) is 15.3 Å². The van der Waals surface area contributed by atoms with Gasteiger partial charge in [0.05, 0.1) is 31.3 Å². The molecule has 0 bridgehead atoms. The van der Waals surface area contributed by atoms with Crippen molar-refractivity contribution in [1.29, 1.82) is 5.26 Å². The number of rotatable bonds is 6. The summed E-state index contributed by atoms with van der Waals surface area (Å²) in [6, 6.07) is 10.3. The third-order valence-corrected chi connectivity index (χ3v) is 5.51. The average Bonchev–Trinajstić information content (AvgIpc) is 3.53. The number of fused-ring (bicyclic) bond motifs is 1. The largest absolute Gasteiger partial charge is 0.393 e. The average molecular weight is 415 g/mol. The first-order valence-electron chi connectivity index (χ1n) is 10.2. The minimum Gasteiger partial charge on any atom is -0.393 e. The highest BCUT2D eigenvalue weighted by atomic mass is 16.3. The summed E-state index contributed by atoms with van der Waals surface area (Å²) in [6.45, 7) is 0.578. The first-order valence-corrected chi connectivity index (χ1v) is 10.2. The number of nitrogens with zero attached hydrogens (tertiary/aromatic N) is 7. The van der Waals surface area contributed by atoms with Crippen molar-refractivity contribution in [3.05, 3.63) is 36.7 Å². The standard InChI is InChI=1S/C21H21N9O/c22-8-1-9-30-12-15(11-23-30)13-2-4-14(5-3-13)18-19-20(28-29-27-19)26-21(25-18)24-16-6-7-17(31)10-16/h2-5,11-12,16-17,31H,1,6-7,9-10H2,(H2,24,25,26,27,28,29)/t16-,17-/m0/s1. The minimum absolute atomic E-state index is 0.146. The monoisotopic (exact) mass is 415 g/mol. The molecule has 1 fully saturated rings. The summed E-state index contributed by atoms with van der Waals surface area (Å²) < 4.78 is 1.77. The Morgan fingerprint density at radius 3 is 2.77 bits per heavy atom. The predicted molar refractivity (Wildman–Crippen MR) is 114 cm³/mol. The Kier molecular flexibility index (Phi) is 5.01. The molecule has 0 aliphatic heterocycles. The lowest BCUT2D eigenvalue weighted by Crippen LogP contribution is -2.18. The van der Waals surface area contributed by atoms with Gasteiger partial charge in [-0.1, -0.05) is 29.5 Å². The molecule has 1 aromatic carbocycles.